The highest BCUT2D eigenvalue weighted by Crippen LogP contribution is 2.34. The average molecular weight is 550 g/mol. The number of para-hydroxylation sites is 1. The third-order valence-electron chi connectivity index (χ3n) is 5.45. The number of halogens is 4. The van der Waals surface area contributed by atoms with E-state index in [1.165, 1.54) is 11.0 Å². The fourth-order valence-electron chi connectivity index (χ4n) is 3.63. The Kier molecular flexibility index (Phi) is 8.43. The zero-order valence-corrected chi connectivity index (χ0v) is 21.1. The molecule has 1 aliphatic rings. The van der Waals surface area contributed by atoms with Gasteiger partial charge in [0, 0.05) is 38.0 Å². The Morgan fingerprint density at radius 3 is 2.40 bits per heavy atom. The van der Waals surface area contributed by atoms with Crippen LogP contribution in [0.25, 0.3) is 10.2 Å². The van der Waals surface area contributed by atoms with Gasteiger partial charge in [0.05, 0.1) is 28.4 Å². The first-order valence-corrected chi connectivity index (χ1v) is 13.1. The monoisotopic (exact) mass is 549 g/mol. The summed E-state index contributed by atoms with van der Waals surface area (Å²) >= 11 is 1.16. The average Bonchev–Trinajstić information content (AvgIpc) is 3.22. The highest BCUT2D eigenvalue weighted by atomic mass is 35.5. The number of ether oxygens (including phenoxy) is 1. The van der Waals surface area contributed by atoms with Gasteiger partial charge in [0.25, 0.3) is 5.91 Å². The number of thiazole rings is 1. The first kappa shape index (κ1) is 27.3. The van der Waals surface area contributed by atoms with Crippen molar-refractivity contribution in [1.82, 2.24) is 9.88 Å². The molecule has 35 heavy (non-hydrogen) atoms. The van der Waals surface area contributed by atoms with Gasteiger partial charge in [-0.3, -0.25) is 14.6 Å². The van der Waals surface area contributed by atoms with Crippen LogP contribution in [-0.4, -0.2) is 69.9 Å². The number of rotatable bonds is 6. The highest BCUT2D eigenvalue weighted by Gasteiger charge is 2.31. The lowest BCUT2D eigenvalue weighted by Crippen LogP contribution is -2.43. The maximum absolute atomic E-state index is 13.4. The van der Waals surface area contributed by atoms with Gasteiger partial charge in [0.1, 0.15) is 5.52 Å². The van der Waals surface area contributed by atoms with E-state index < -0.39 is 27.5 Å². The van der Waals surface area contributed by atoms with Gasteiger partial charge in [0.2, 0.25) is 0 Å². The van der Waals surface area contributed by atoms with E-state index in [0.717, 1.165) is 41.9 Å². The van der Waals surface area contributed by atoms with Gasteiger partial charge in [-0.15, -0.1) is 12.4 Å². The topological polar surface area (TPSA) is 79.8 Å². The fourth-order valence-corrected chi connectivity index (χ4v) is 5.55. The van der Waals surface area contributed by atoms with Gasteiger partial charge in [0.15, 0.2) is 15.0 Å². The molecule has 2 aromatic carbocycles. The minimum atomic E-state index is -4.51. The number of benzene rings is 2. The van der Waals surface area contributed by atoms with E-state index >= 15 is 0 Å². The molecule has 0 aliphatic carbocycles. The predicted octanol–water partition coefficient (Wildman–Crippen LogP) is 4.12. The number of aromatic nitrogens is 1. The third kappa shape index (κ3) is 6.31. The van der Waals surface area contributed by atoms with E-state index in [1.807, 2.05) is 0 Å². The lowest BCUT2D eigenvalue weighted by Gasteiger charge is -2.29. The molecule has 0 saturated carbocycles. The fraction of sp³-hybridized carbons (Fsp3) is 0.364. The Balaban J connectivity index is 0.00000342. The molecule has 0 atom stereocenters. The smallest absolute Gasteiger partial charge is 0.379 e. The maximum atomic E-state index is 13.4. The summed E-state index contributed by atoms with van der Waals surface area (Å²) in [6, 6.07) is 8.80. The summed E-state index contributed by atoms with van der Waals surface area (Å²) in [6.45, 7) is 3.27. The molecule has 3 aromatic rings. The number of carbonyl (C=O) groups excluding carboxylic acids is 1. The zero-order valence-electron chi connectivity index (χ0n) is 18.6. The zero-order chi connectivity index (χ0) is 24.5. The molecule has 0 radical (unpaired) electrons. The summed E-state index contributed by atoms with van der Waals surface area (Å²) in [5.74, 6) is -0.512. The van der Waals surface area contributed by atoms with Crippen molar-refractivity contribution < 1.29 is 31.1 Å². The molecule has 1 saturated heterocycles. The quantitative estimate of drug-likeness (QED) is 0.460. The first-order valence-electron chi connectivity index (χ1n) is 10.4. The van der Waals surface area contributed by atoms with Crippen molar-refractivity contribution in [2.24, 2.45) is 0 Å². The lowest BCUT2D eigenvalue weighted by atomic mass is 10.1. The molecule has 0 N–H and O–H groups in total. The summed E-state index contributed by atoms with van der Waals surface area (Å²) in [5, 5.41) is 0.282. The van der Waals surface area contributed by atoms with Crippen LogP contribution in [0.4, 0.5) is 18.3 Å². The van der Waals surface area contributed by atoms with E-state index in [4.69, 9.17) is 4.74 Å². The third-order valence-corrected chi connectivity index (χ3v) is 7.62. The number of fused-ring (bicyclic) bond motifs is 1. The summed E-state index contributed by atoms with van der Waals surface area (Å²) in [6.07, 6.45) is -3.42. The van der Waals surface area contributed by atoms with E-state index in [-0.39, 0.29) is 40.1 Å². The largest absolute Gasteiger partial charge is 0.416 e. The van der Waals surface area contributed by atoms with Crippen molar-refractivity contribution in [3.05, 3.63) is 53.6 Å². The van der Waals surface area contributed by atoms with Crippen LogP contribution < -0.4 is 4.90 Å². The van der Waals surface area contributed by atoms with Crippen LogP contribution in [0.5, 0.6) is 0 Å². The standard InChI is InChI=1S/C22H22F3N3O4S2.ClH/c1-34(30,31)18-4-2-3-17-19(18)26-21(33-17)28(10-9-27-11-13-32-14-12-27)20(29)15-5-7-16(8-6-15)22(23,24)25;/h2-8H,9-14H2,1H3;1H. The molecule has 1 amide bonds. The predicted molar refractivity (Wildman–Crippen MR) is 130 cm³/mol. The Morgan fingerprint density at radius 1 is 1.14 bits per heavy atom. The molecule has 0 bridgehead atoms. The second-order valence-corrected chi connectivity index (χ2v) is 10.9. The minimum absolute atomic E-state index is 0. The maximum Gasteiger partial charge on any atom is 0.416 e. The van der Waals surface area contributed by atoms with Crippen LogP contribution in [0.1, 0.15) is 15.9 Å². The van der Waals surface area contributed by atoms with Gasteiger partial charge < -0.3 is 4.74 Å². The molecule has 4 rings (SSSR count). The van der Waals surface area contributed by atoms with Crippen molar-refractivity contribution in [2.45, 2.75) is 11.1 Å². The SMILES string of the molecule is CS(=O)(=O)c1cccc2sc(N(CCN3CCOCC3)C(=O)c3ccc(C(F)(F)F)cc3)nc12.Cl. The molecule has 7 nitrogen and oxygen atoms in total. The normalized spacial score (nSPS) is 15.1. The number of amides is 1. The Bertz CT molecular complexity index is 1290. The molecule has 190 valence electrons. The molecule has 1 fully saturated rings. The van der Waals surface area contributed by atoms with E-state index in [1.54, 1.807) is 12.1 Å². The van der Waals surface area contributed by atoms with Crippen LogP contribution in [0.15, 0.2) is 47.4 Å². The van der Waals surface area contributed by atoms with Gasteiger partial charge in [-0.2, -0.15) is 13.2 Å². The molecular formula is C22H23ClF3N3O4S2. The van der Waals surface area contributed by atoms with E-state index in [0.29, 0.717) is 37.5 Å². The first-order chi connectivity index (χ1) is 16.0. The second-order valence-electron chi connectivity index (χ2n) is 7.86. The summed E-state index contributed by atoms with van der Waals surface area (Å²) < 4.78 is 69.2. The van der Waals surface area contributed by atoms with Gasteiger partial charge in [-0.1, -0.05) is 17.4 Å². The number of carbonyl (C=O) groups is 1. The van der Waals surface area contributed by atoms with Gasteiger partial charge in [-0.25, -0.2) is 13.4 Å². The summed E-state index contributed by atoms with van der Waals surface area (Å²) in [7, 11) is -3.55. The number of hydrogen-bond acceptors (Lipinski definition) is 7. The van der Waals surface area contributed by atoms with Crippen molar-refractivity contribution in [1.29, 1.82) is 0 Å². The number of nitrogens with zero attached hydrogens (tertiary/aromatic N) is 3. The van der Waals surface area contributed by atoms with Crippen LogP contribution in [0.2, 0.25) is 0 Å². The Labute approximate surface area is 210 Å². The Morgan fingerprint density at radius 2 is 1.80 bits per heavy atom. The molecule has 1 aliphatic heterocycles. The Hall–Kier alpha value is -2.25. The summed E-state index contributed by atoms with van der Waals surface area (Å²) in [5.41, 5.74) is -0.499. The summed E-state index contributed by atoms with van der Waals surface area (Å²) in [4.78, 5) is 21.4. The van der Waals surface area contributed by atoms with E-state index in [2.05, 4.69) is 9.88 Å². The minimum Gasteiger partial charge on any atom is -0.379 e. The molecule has 13 heteroatoms. The van der Waals surface area contributed by atoms with Crippen molar-refractivity contribution in [3.63, 3.8) is 0 Å². The van der Waals surface area contributed by atoms with Crippen molar-refractivity contribution in [2.75, 3.05) is 50.5 Å². The molecule has 1 aromatic heterocycles. The van der Waals surface area contributed by atoms with Crippen molar-refractivity contribution in [3.8, 4) is 0 Å². The number of alkyl halides is 3. The lowest BCUT2D eigenvalue weighted by molar-refractivity contribution is -0.137. The number of hydrogen-bond donors (Lipinski definition) is 0. The van der Waals surface area contributed by atoms with Gasteiger partial charge in [-0.05, 0) is 36.4 Å². The van der Waals surface area contributed by atoms with Crippen LogP contribution in [0, 0.1) is 0 Å². The number of sulfone groups is 1. The molecule has 0 unspecified atom stereocenters. The van der Waals surface area contributed by atoms with Crippen LogP contribution >= 0.6 is 23.7 Å². The molecule has 0 spiro atoms. The number of anilines is 1. The van der Waals surface area contributed by atoms with Crippen molar-refractivity contribution >= 4 is 54.8 Å². The molecule has 2 heterocycles. The molecular weight excluding hydrogens is 527 g/mol. The van der Waals surface area contributed by atoms with E-state index in [9.17, 15) is 26.4 Å². The second kappa shape index (κ2) is 10.8. The van der Waals surface area contributed by atoms with Crippen LogP contribution in [0.3, 0.4) is 0 Å². The van der Waals surface area contributed by atoms with Crippen LogP contribution in [-0.2, 0) is 20.8 Å². The number of morpholine rings is 1. The highest BCUT2D eigenvalue weighted by molar-refractivity contribution is 7.91. The van der Waals surface area contributed by atoms with Gasteiger partial charge >= 0.3 is 6.18 Å².